The van der Waals surface area contributed by atoms with Gasteiger partial charge in [0.25, 0.3) is 0 Å². The summed E-state index contributed by atoms with van der Waals surface area (Å²) in [5.41, 5.74) is 0. The molecule has 0 heterocycles. The zero-order chi connectivity index (χ0) is 14.0. The Morgan fingerprint density at radius 2 is 0.900 bits per heavy atom. The molecule has 0 N–H and O–H groups in total. The van der Waals surface area contributed by atoms with E-state index in [1.165, 1.54) is 32.3 Å². The van der Waals surface area contributed by atoms with Gasteiger partial charge in [0.15, 0.2) is 0 Å². The Hall–Kier alpha value is -0.160. The summed E-state index contributed by atoms with van der Waals surface area (Å²) in [5.74, 6) is 0. The smallest absolute Gasteiger partial charge is 0.0266 e. The first-order chi connectivity index (χ1) is 9.58. The molecule has 0 fully saturated rings. The lowest BCUT2D eigenvalue weighted by molar-refractivity contribution is 1.68. The Morgan fingerprint density at radius 3 is 1.60 bits per heavy atom. The van der Waals surface area contributed by atoms with Crippen molar-refractivity contribution in [1.82, 2.24) is 0 Å². The molecule has 0 aliphatic rings. The molecule has 0 amide bonds. The molecule has 0 aliphatic heterocycles. The predicted molar refractivity (Wildman–Crippen MR) is 101 cm³/mol. The minimum absolute atomic E-state index is 1.10. The van der Waals surface area contributed by atoms with Crippen molar-refractivity contribution in [3.8, 4) is 0 Å². The summed E-state index contributed by atoms with van der Waals surface area (Å²) in [5, 5.41) is 7.54. The lowest BCUT2D eigenvalue weighted by atomic mass is 9.94. The van der Waals surface area contributed by atoms with Crippen molar-refractivity contribution in [2.45, 2.75) is 0 Å². The van der Waals surface area contributed by atoms with Crippen LogP contribution in [0.1, 0.15) is 0 Å². The van der Waals surface area contributed by atoms with Gasteiger partial charge >= 0.3 is 0 Å². The van der Waals surface area contributed by atoms with Gasteiger partial charge < -0.3 is 0 Å². The van der Waals surface area contributed by atoms with Crippen LogP contribution >= 0.6 is 63.7 Å². The van der Waals surface area contributed by atoms with Gasteiger partial charge in [0.2, 0.25) is 0 Å². The summed E-state index contributed by atoms with van der Waals surface area (Å²) in [6.07, 6.45) is 0. The van der Waals surface area contributed by atoms with E-state index < -0.39 is 0 Å². The Kier molecular flexibility index (Phi) is 3.15. The zero-order valence-electron chi connectivity index (χ0n) is 9.98. The van der Waals surface area contributed by atoms with Crippen LogP contribution in [0.2, 0.25) is 0 Å². The highest BCUT2D eigenvalue weighted by Crippen LogP contribution is 2.45. The zero-order valence-corrected chi connectivity index (χ0v) is 16.3. The molecule has 0 bridgehead atoms. The maximum absolute atomic E-state index is 3.71. The Labute approximate surface area is 149 Å². The van der Waals surface area contributed by atoms with Crippen molar-refractivity contribution in [1.29, 1.82) is 0 Å². The van der Waals surface area contributed by atoms with E-state index in [0.29, 0.717) is 0 Å². The monoisotopic (exact) mass is 514 g/mol. The second kappa shape index (κ2) is 4.67. The van der Waals surface area contributed by atoms with Crippen LogP contribution in [0.15, 0.2) is 54.3 Å². The average molecular weight is 518 g/mol. The number of hydrogen-bond acceptors (Lipinski definition) is 0. The molecule has 0 aliphatic carbocycles. The highest BCUT2D eigenvalue weighted by molar-refractivity contribution is 9.11. The van der Waals surface area contributed by atoms with Crippen LogP contribution in [0.25, 0.3) is 32.3 Å². The molecular formula is C16H6Br4. The lowest BCUT2D eigenvalue weighted by Crippen LogP contribution is -1.87. The van der Waals surface area contributed by atoms with Gasteiger partial charge in [-0.1, -0.05) is 81.9 Å². The predicted octanol–water partition coefficient (Wildman–Crippen LogP) is 7.63. The van der Waals surface area contributed by atoms with E-state index in [9.17, 15) is 0 Å². The molecule has 0 saturated heterocycles. The molecule has 0 aromatic heterocycles. The van der Waals surface area contributed by atoms with Gasteiger partial charge in [0, 0.05) is 17.9 Å². The van der Waals surface area contributed by atoms with Gasteiger partial charge in [-0.3, -0.25) is 0 Å². The van der Waals surface area contributed by atoms with Crippen LogP contribution in [0, 0.1) is 0 Å². The fraction of sp³-hybridized carbons (Fsp3) is 0. The summed E-state index contributed by atoms with van der Waals surface area (Å²) < 4.78 is 4.47. The van der Waals surface area contributed by atoms with Crippen LogP contribution in [-0.2, 0) is 0 Å². The van der Waals surface area contributed by atoms with Crippen LogP contribution in [0.4, 0.5) is 0 Å². The highest BCUT2D eigenvalue weighted by atomic mass is 79.9. The van der Waals surface area contributed by atoms with E-state index in [1.54, 1.807) is 0 Å². The van der Waals surface area contributed by atoms with Crippen LogP contribution < -0.4 is 0 Å². The number of benzene rings is 4. The minimum atomic E-state index is 1.10. The molecule has 98 valence electrons. The normalized spacial score (nSPS) is 12.0. The van der Waals surface area contributed by atoms with E-state index in [0.717, 1.165) is 17.9 Å². The quantitative estimate of drug-likeness (QED) is 0.210. The highest BCUT2D eigenvalue weighted by Gasteiger charge is 2.15. The third-order valence-corrected chi connectivity index (χ3v) is 6.35. The molecule has 4 aromatic rings. The third kappa shape index (κ3) is 1.75. The van der Waals surface area contributed by atoms with Gasteiger partial charge in [-0.25, -0.2) is 0 Å². The summed E-state index contributed by atoms with van der Waals surface area (Å²) in [6.45, 7) is 0. The molecule has 0 nitrogen and oxygen atoms in total. The topological polar surface area (TPSA) is 0 Å². The van der Waals surface area contributed by atoms with Crippen LogP contribution in [0.3, 0.4) is 0 Å². The summed E-state index contributed by atoms with van der Waals surface area (Å²) >= 11 is 14.7. The van der Waals surface area contributed by atoms with Crippen molar-refractivity contribution >= 4 is 96.0 Å². The number of halogens is 4. The third-order valence-electron chi connectivity index (χ3n) is 3.69. The van der Waals surface area contributed by atoms with Crippen molar-refractivity contribution in [3.63, 3.8) is 0 Å². The SMILES string of the molecule is Brc1ccc2c(Br)cc3c(Br)cc(Br)c4ccc1c2c43. The Morgan fingerprint density at radius 1 is 0.450 bits per heavy atom. The molecule has 20 heavy (non-hydrogen) atoms. The molecule has 0 saturated carbocycles. The van der Waals surface area contributed by atoms with E-state index in [2.05, 4.69) is 100 Å². The molecule has 0 atom stereocenters. The van der Waals surface area contributed by atoms with Gasteiger partial charge in [-0.05, 0) is 50.5 Å². The van der Waals surface area contributed by atoms with Gasteiger partial charge in [0.1, 0.15) is 0 Å². The Balaban J connectivity index is 2.49. The fourth-order valence-corrected chi connectivity index (χ4v) is 5.25. The first kappa shape index (κ1) is 13.5. The van der Waals surface area contributed by atoms with E-state index >= 15 is 0 Å². The van der Waals surface area contributed by atoms with E-state index in [-0.39, 0.29) is 0 Å². The van der Waals surface area contributed by atoms with Crippen molar-refractivity contribution in [2.75, 3.05) is 0 Å². The maximum Gasteiger partial charge on any atom is 0.0266 e. The molecule has 0 radical (unpaired) electrons. The summed E-state index contributed by atoms with van der Waals surface area (Å²) in [6, 6.07) is 12.9. The van der Waals surface area contributed by atoms with Crippen LogP contribution in [0.5, 0.6) is 0 Å². The number of rotatable bonds is 0. The molecule has 4 aromatic carbocycles. The first-order valence-corrected chi connectivity index (χ1v) is 9.15. The largest absolute Gasteiger partial charge is 0.0525 e. The number of hydrogen-bond donors (Lipinski definition) is 0. The van der Waals surface area contributed by atoms with Crippen LogP contribution in [-0.4, -0.2) is 0 Å². The minimum Gasteiger partial charge on any atom is -0.0525 e. The molecule has 4 rings (SSSR count). The first-order valence-electron chi connectivity index (χ1n) is 5.98. The van der Waals surface area contributed by atoms with Gasteiger partial charge in [-0.2, -0.15) is 0 Å². The standard InChI is InChI=1S/C16H6Br4/c17-11-4-3-9-12(18)5-10-14(20)6-13(19)8-2-1-7(11)15(9)16(8)10/h1-6H. The molecule has 4 heteroatoms. The van der Waals surface area contributed by atoms with Crippen molar-refractivity contribution < 1.29 is 0 Å². The average Bonchev–Trinajstić information content (AvgIpc) is 2.42. The van der Waals surface area contributed by atoms with Crippen molar-refractivity contribution in [3.05, 3.63) is 54.3 Å². The summed E-state index contributed by atoms with van der Waals surface area (Å²) in [4.78, 5) is 0. The van der Waals surface area contributed by atoms with Gasteiger partial charge in [0.05, 0.1) is 0 Å². The van der Waals surface area contributed by atoms with Crippen molar-refractivity contribution in [2.24, 2.45) is 0 Å². The van der Waals surface area contributed by atoms with E-state index in [1.807, 2.05) is 0 Å². The second-order valence-electron chi connectivity index (χ2n) is 4.75. The van der Waals surface area contributed by atoms with E-state index in [4.69, 9.17) is 0 Å². The van der Waals surface area contributed by atoms with Gasteiger partial charge in [-0.15, -0.1) is 0 Å². The molecular weight excluding hydrogens is 512 g/mol. The maximum atomic E-state index is 3.71. The molecule has 0 spiro atoms. The molecule has 0 unspecified atom stereocenters. The second-order valence-corrected chi connectivity index (χ2v) is 8.17. The fourth-order valence-electron chi connectivity index (χ4n) is 2.82. The Bertz CT molecular complexity index is 966. The lowest BCUT2D eigenvalue weighted by Gasteiger charge is -2.15. The summed E-state index contributed by atoms with van der Waals surface area (Å²) in [7, 11) is 0.